The van der Waals surface area contributed by atoms with Crippen molar-refractivity contribution >= 4 is 66.0 Å². The van der Waals surface area contributed by atoms with Crippen molar-refractivity contribution in [1.29, 1.82) is 0 Å². The molecule has 2 aliphatic rings. The van der Waals surface area contributed by atoms with Crippen LogP contribution >= 0.6 is 0 Å². The van der Waals surface area contributed by atoms with Crippen molar-refractivity contribution in [2.75, 3.05) is 0 Å². The van der Waals surface area contributed by atoms with Crippen molar-refractivity contribution in [1.82, 2.24) is 20.6 Å². The summed E-state index contributed by atoms with van der Waals surface area (Å²) >= 11 is -5.65. The molecular weight excluding hydrogens is 1410 g/mol. The summed E-state index contributed by atoms with van der Waals surface area (Å²) in [5, 5.41) is 20.0. The summed E-state index contributed by atoms with van der Waals surface area (Å²) in [6, 6.07) is 11.2. The number of nitrogens with zero attached hydrogens (tertiary/aromatic N) is 4. The van der Waals surface area contributed by atoms with E-state index in [1.165, 1.54) is 415 Å². The molecular formula is C90H154N4O2Sn2. The summed E-state index contributed by atoms with van der Waals surface area (Å²) in [6.07, 6.45) is 82.4. The Balaban J connectivity index is 1.22. The molecule has 5 aromatic rings. The number of aromatic nitrogens is 4. The minimum atomic E-state index is -2.83. The Kier molecular flexibility index (Phi) is 39.8. The average molecular weight is 1560 g/mol. The van der Waals surface area contributed by atoms with Crippen molar-refractivity contribution in [2.45, 2.75) is 453 Å². The molecule has 7 rings (SSSR count). The van der Waals surface area contributed by atoms with E-state index in [9.17, 15) is 0 Å². The van der Waals surface area contributed by atoms with Crippen LogP contribution in [0.3, 0.4) is 0 Å². The monoisotopic (exact) mass is 1560 g/mol. The van der Waals surface area contributed by atoms with Crippen LogP contribution in [0.5, 0.6) is 0 Å². The molecule has 2 heterocycles. The summed E-state index contributed by atoms with van der Waals surface area (Å²) in [4.78, 5) is 15.6. The van der Waals surface area contributed by atoms with Crippen LogP contribution in [0.25, 0.3) is 44.3 Å². The summed E-state index contributed by atoms with van der Waals surface area (Å²) < 4.78 is 15.1. The summed E-state index contributed by atoms with van der Waals surface area (Å²) in [6.45, 7) is 9.32. The molecule has 0 spiro atoms. The Bertz CT molecular complexity index is 2660. The van der Waals surface area contributed by atoms with E-state index in [1.54, 1.807) is 22.3 Å². The molecule has 554 valence electrons. The molecule has 0 radical (unpaired) electrons. The Labute approximate surface area is 613 Å². The molecule has 0 N–H and O–H groups in total. The fourth-order valence-electron chi connectivity index (χ4n) is 18.2. The van der Waals surface area contributed by atoms with Gasteiger partial charge in [-0.3, -0.25) is 0 Å². The van der Waals surface area contributed by atoms with Gasteiger partial charge >= 0.3 is 411 Å². The third kappa shape index (κ3) is 25.7. The first kappa shape index (κ1) is 83.3. The van der Waals surface area contributed by atoms with E-state index in [1.807, 2.05) is 0 Å². The molecule has 0 saturated carbocycles. The summed E-state index contributed by atoms with van der Waals surface area (Å²) in [5.41, 5.74) is 15.9. The van der Waals surface area contributed by atoms with Gasteiger partial charge in [0.15, 0.2) is 0 Å². The van der Waals surface area contributed by atoms with Gasteiger partial charge in [-0.05, 0) is 0 Å². The molecule has 0 aliphatic heterocycles. The first-order valence-electron chi connectivity index (χ1n) is 43.7. The van der Waals surface area contributed by atoms with Gasteiger partial charge in [-0.15, -0.1) is 0 Å². The molecule has 0 amide bonds. The number of benzene rings is 3. The molecule has 2 aliphatic carbocycles. The molecule has 0 saturated heterocycles. The minimum absolute atomic E-state index is 0.120. The third-order valence-electron chi connectivity index (χ3n) is 24.3. The maximum atomic E-state index is 6.03. The molecule has 0 fully saturated rings. The molecule has 8 heteroatoms. The normalized spacial score (nSPS) is 14.0. The molecule has 3 aromatic carbocycles. The predicted molar refractivity (Wildman–Crippen MR) is 435 cm³/mol. The Morgan fingerprint density at radius 1 is 0.235 bits per heavy atom. The van der Waals surface area contributed by atoms with Crippen molar-refractivity contribution in [3.8, 4) is 22.3 Å². The van der Waals surface area contributed by atoms with Crippen molar-refractivity contribution in [2.24, 2.45) is 0 Å². The standard InChI is InChI=1S/C84H136N4O2.6CH3.2Sn/c1-5-9-13-17-21-25-29-33-37-41-45-49-53-57-65-83(66-58-54-50-46-42-38-34-30-26-22-18-14-10-6-2)73-61-63-77-81(87-89-85-77)79(73)71-70-76-72(69-75(71)83)80-74(62-64-78-82(80)88-90-86-78)84(76,67-59-55-51-47-43-39-35-31-27-23-19-15-11-7-3)68-60-56-52-48-44-40-36-32-28-24-20-16-12-8-4;;;;;;;;/h61-62,69-70H,5-60,65-68H2,1-4H3;6*1H3;;. The van der Waals surface area contributed by atoms with E-state index < -0.39 is 36.8 Å². The van der Waals surface area contributed by atoms with E-state index in [2.05, 4.69) is 81.6 Å². The van der Waals surface area contributed by atoms with Crippen LogP contribution in [0.4, 0.5) is 0 Å². The van der Waals surface area contributed by atoms with Crippen molar-refractivity contribution in [3.63, 3.8) is 0 Å². The SMILES string of the molecule is CCCCCCCCCCCCCCCCC1(CCCCCCCCCCCCCCCC)c2cc3c(cc2-c2c1c[c]([Sn]([CH3])([CH3])[CH3])c1nonc21)C(CCCCCCCCCCCCCCCC)(CCCCCCCCCCCCCCCC)c1c[c]([Sn]([CH3])([CH3])[CH3])c2nonc2c1-3. The van der Waals surface area contributed by atoms with E-state index in [4.69, 9.17) is 29.9 Å². The van der Waals surface area contributed by atoms with E-state index in [0.717, 1.165) is 22.1 Å². The first-order chi connectivity index (χ1) is 47.9. The van der Waals surface area contributed by atoms with Gasteiger partial charge < -0.3 is 0 Å². The molecule has 2 aromatic heterocycles. The zero-order valence-corrected chi connectivity index (χ0v) is 72.0. The van der Waals surface area contributed by atoms with Crippen molar-refractivity contribution < 1.29 is 9.26 Å². The van der Waals surface area contributed by atoms with Crippen LogP contribution in [0.15, 0.2) is 33.5 Å². The van der Waals surface area contributed by atoms with Gasteiger partial charge in [0, 0.05) is 0 Å². The number of fused-ring (bicyclic) bond motifs is 10. The number of rotatable bonds is 62. The van der Waals surface area contributed by atoms with Crippen molar-refractivity contribution in [3.05, 3.63) is 46.5 Å². The summed E-state index contributed by atoms with van der Waals surface area (Å²) in [5.74, 6) is 0. The fourth-order valence-corrected chi connectivity index (χ4v) is 26.5. The maximum absolute atomic E-state index is 6.03. The van der Waals surface area contributed by atoms with Gasteiger partial charge in [-0.1, -0.05) is 207 Å². The first-order valence-corrected chi connectivity index (χ1v) is 63.7. The van der Waals surface area contributed by atoms with Crippen LogP contribution in [0.2, 0.25) is 29.6 Å². The molecule has 98 heavy (non-hydrogen) atoms. The van der Waals surface area contributed by atoms with E-state index in [0.29, 0.717) is 0 Å². The fraction of sp³-hybridized carbons (Fsp3) is 0.800. The van der Waals surface area contributed by atoms with Crippen LogP contribution in [-0.4, -0.2) is 57.4 Å². The zero-order valence-electron chi connectivity index (χ0n) is 66.3. The van der Waals surface area contributed by atoms with Gasteiger partial charge in [0.05, 0.1) is 0 Å². The molecule has 6 nitrogen and oxygen atoms in total. The Hall–Kier alpha value is -1.94. The molecule has 0 atom stereocenters. The van der Waals surface area contributed by atoms with Gasteiger partial charge in [-0.2, -0.15) is 0 Å². The summed E-state index contributed by atoms with van der Waals surface area (Å²) in [7, 11) is 0. The zero-order chi connectivity index (χ0) is 69.6. The quantitative estimate of drug-likeness (QED) is 0.0285. The van der Waals surface area contributed by atoms with Crippen LogP contribution in [0.1, 0.15) is 435 Å². The second-order valence-corrected chi connectivity index (χ2v) is 63.4. The van der Waals surface area contributed by atoms with Gasteiger partial charge in [0.25, 0.3) is 0 Å². The number of hydrogen-bond acceptors (Lipinski definition) is 6. The van der Waals surface area contributed by atoms with Crippen LogP contribution in [-0.2, 0) is 10.8 Å². The van der Waals surface area contributed by atoms with Gasteiger partial charge in [0.1, 0.15) is 0 Å². The average Bonchev–Trinajstić information content (AvgIpc) is 1.52. The van der Waals surface area contributed by atoms with Crippen LogP contribution in [0, 0.1) is 0 Å². The Morgan fingerprint density at radius 2 is 0.418 bits per heavy atom. The third-order valence-corrected chi connectivity index (χ3v) is 35.7. The Morgan fingerprint density at radius 3 is 0.612 bits per heavy atom. The topological polar surface area (TPSA) is 77.8 Å². The second kappa shape index (κ2) is 46.8. The van der Waals surface area contributed by atoms with Gasteiger partial charge in [0.2, 0.25) is 0 Å². The molecule has 0 bridgehead atoms. The molecule has 0 unspecified atom stereocenters. The van der Waals surface area contributed by atoms with E-state index >= 15 is 0 Å². The van der Waals surface area contributed by atoms with E-state index in [-0.39, 0.29) is 10.8 Å². The predicted octanol–water partition coefficient (Wildman–Crippen LogP) is 29.9. The van der Waals surface area contributed by atoms with Crippen LogP contribution < -0.4 is 7.16 Å². The number of unbranched alkanes of at least 4 members (excludes halogenated alkanes) is 52. The second-order valence-electron chi connectivity index (χ2n) is 34.6. The number of hydrogen-bond donors (Lipinski definition) is 0. The van der Waals surface area contributed by atoms with Gasteiger partial charge in [-0.25, -0.2) is 0 Å².